The smallest absolute Gasteiger partial charge is 0.353 e. The van der Waals surface area contributed by atoms with E-state index in [-0.39, 0.29) is 11.7 Å². The van der Waals surface area contributed by atoms with Crippen LogP contribution in [0.15, 0.2) is 6.33 Å². The molecule has 0 aromatic carbocycles. The zero-order valence-corrected chi connectivity index (χ0v) is 11.5. The third-order valence-electron chi connectivity index (χ3n) is 3.39. The number of nitro groups is 1. The van der Waals surface area contributed by atoms with Crippen LogP contribution in [0.4, 0.5) is 17.3 Å². The van der Waals surface area contributed by atoms with Crippen LogP contribution < -0.4 is 10.2 Å². The molecule has 1 saturated heterocycles. The summed E-state index contributed by atoms with van der Waals surface area (Å²) in [7, 11) is 0. The maximum absolute atomic E-state index is 11.3. The number of hydrogen-bond acceptors (Lipinski definition) is 6. The lowest BCUT2D eigenvalue weighted by Gasteiger charge is -2.22. The lowest BCUT2D eigenvalue weighted by molar-refractivity contribution is -0.383. The molecule has 1 fully saturated rings. The predicted octanol–water partition coefficient (Wildman–Crippen LogP) is 2.05. The van der Waals surface area contributed by atoms with Gasteiger partial charge in [0.25, 0.3) is 0 Å². The lowest BCUT2D eigenvalue weighted by Crippen LogP contribution is -2.28. The number of rotatable bonds is 4. The molecule has 104 valence electrons. The van der Waals surface area contributed by atoms with E-state index in [4.69, 9.17) is 0 Å². The lowest BCUT2D eigenvalue weighted by atomic mass is 10.1. The van der Waals surface area contributed by atoms with Crippen molar-refractivity contribution in [3.05, 3.63) is 16.4 Å². The van der Waals surface area contributed by atoms with Crippen LogP contribution >= 0.6 is 0 Å². The Balaban J connectivity index is 2.44. The van der Waals surface area contributed by atoms with Gasteiger partial charge in [-0.3, -0.25) is 10.1 Å². The topological polar surface area (TPSA) is 84.2 Å². The first-order valence-electron chi connectivity index (χ1n) is 6.54. The summed E-state index contributed by atoms with van der Waals surface area (Å²) < 4.78 is 0. The molecule has 19 heavy (non-hydrogen) atoms. The van der Waals surface area contributed by atoms with Gasteiger partial charge in [0.05, 0.1) is 4.92 Å². The van der Waals surface area contributed by atoms with Gasteiger partial charge in [-0.05, 0) is 26.2 Å². The molecule has 0 spiro atoms. The van der Waals surface area contributed by atoms with Gasteiger partial charge in [-0.2, -0.15) is 0 Å². The summed E-state index contributed by atoms with van der Waals surface area (Å²) >= 11 is 0. The van der Waals surface area contributed by atoms with E-state index < -0.39 is 4.92 Å². The fourth-order valence-electron chi connectivity index (χ4n) is 2.64. The van der Waals surface area contributed by atoms with Crippen molar-refractivity contribution in [1.82, 2.24) is 9.97 Å². The van der Waals surface area contributed by atoms with Crippen LogP contribution in [-0.4, -0.2) is 34.0 Å². The highest BCUT2D eigenvalue weighted by molar-refractivity contribution is 5.70. The van der Waals surface area contributed by atoms with Gasteiger partial charge in [0, 0.05) is 19.1 Å². The molecule has 1 N–H and O–H groups in total. The molecule has 2 atom stereocenters. The van der Waals surface area contributed by atoms with E-state index in [1.807, 2.05) is 11.8 Å². The van der Waals surface area contributed by atoms with Gasteiger partial charge in [-0.15, -0.1) is 0 Å². The summed E-state index contributed by atoms with van der Waals surface area (Å²) in [6, 6.07) is 0.262. The SMILES string of the molecule is CCNc1ncnc(N2CC(C)CC2C)c1[N+](=O)[O-]. The van der Waals surface area contributed by atoms with Crippen LogP contribution in [0.25, 0.3) is 0 Å². The highest BCUT2D eigenvalue weighted by Gasteiger charge is 2.34. The molecule has 0 radical (unpaired) electrons. The second kappa shape index (κ2) is 5.38. The Kier molecular flexibility index (Phi) is 3.82. The van der Waals surface area contributed by atoms with Crippen molar-refractivity contribution in [3.8, 4) is 0 Å². The zero-order chi connectivity index (χ0) is 14.0. The Morgan fingerprint density at radius 3 is 2.79 bits per heavy atom. The average molecular weight is 265 g/mol. The fraction of sp³-hybridized carbons (Fsp3) is 0.667. The van der Waals surface area contributed by atoms with E-state index in [2.05, 4.69) is 29.1 Å². The van der Waals surface area contributed by atoms with Crippen molar-refractivity contribution < 1.29 is 4.92 Å². The second-order valence-corrected chi connectivity index (χ2v) is 5.02. The van der Waals surface area contributed by atoms with Crippen LogP contribution in [0.2, 0.25) is 0 Å². The van der Waals surface area contributed by atoms with Crippen molar-refractivity contribution in [2.75, 3.05) is 23.3 Å². The summed E-state index contributed by atoms with van der Waals surface area (Å²) in [4.78, 5) is 21.0. The first-order chi connectivity index (χ1) is 9.04. The Morgan fingerprint density at radius 2 is 2.26 bits per heavy atom. The highest BCUT2D eigenvalue weighted by Crippen LogP contribution is 2.36. The van der Waals surface area contributed by atoms with Crippen LogP contribution in [0.5, 0.6) is 0 Å². The second-order valence-electron chi connectivity index (χ2n) is 5.02. The molecule has 1 aromatic heterocycles. The van der Waals surface area contributed by atoms with E-state index in [9.17, 15) is 10.1 Å². The van der Waals surface area contributed by atoms with Crippen molar-refractivity contribution in [1.29, 1.82) is 0 Å². The quantitative estimate of drug-likeness (QED) is 0.662. The molecule has 2 heterocycles. The Bertz CT molecular complexity index is 479. The number of nitrogens with one attached hydrogen (secondary N) is 1. The maximum Gasteiger partial charge on any atom is 0.353 e. The molecule has 0 aliphatic carbocycles. The van der Waals surface area contributed by atoms with E-state index in [0.29, 0.717) is 24.1 Å². The molecule has 1 aliphatic rings. The van der Waals surface area contributed by atoms with E-state index in [1.54, 1.807) is 0 Å². The summed E-state index contributed by atoms with van der Waals surface area (Å²) in [5.74, 6) is 1.24. The minimum Gasteiger partial charge on any atom is -0.364 e. The van der Waals surface area contributed by atoms with E-state index in [0.717, 1.165) is 13.0 Å². The molecule has 0 bridgehead atoms. The number of hydrogen-bond donors (Lipinski definition) is 1. The zero-order valence-electron chi connectivity index (χ0n) is 11.5. The van der Waals surface area contributed by atoms with Crippen LogP contribution in [0.3, 0.4) is 0 Å². The molecule has 2 unspecified atom stereocenters. The van der Waals surface area contributed by atoms with Crippen molar-refractivity contribution in [3.63, 3.8) is 0 Å². The standard InChI is InChI=1S/C12H19N5O2/c1-4-13-11-10(17(18)19)12(15-7-14-11)16-6-8(2)5-9(16)3/h7-9H,4-6H2,1-3H3,(H,13,14,15). The number of anilines is 2. The van der Waals surface area contributed by atoms with E-state index >= 15 is 0 Å². The van der Waals surface area contributed by atoms with Crippen LogP contribution in [-0.2, 0) is 0 Å². The molecule has 7 heteroatoms. The minimum absolute atomic E-state index is 0.0229. The Hall–Kier alpha value is -1.92. The molecule has 1 aliphatic heterocycles. The average Bonchev–Trinajstić information content (AvgIpc) is 2.68. The van der Waals surface area contributed by atoms with E-state index in [1.165, 1.54) is 6.33 Å². The molecular weight excluding hydrogens is 246 g/mol. The third-order valence-corrected chi connectivity index (χ3v) is 3.39. The van der Waals surface area contributed by atoms with Gasteiger partial charge in [0.2, 0.25) is 11.6 Å². The molecule has 2 rings (SSSR count). The molecular formula is C12H19N5O2. The van der Waals surface area contributed by atoms with Crippen LogP contribution in [0, 0.1) is 16.0 Å². The predicted molar refractivity (Wildman–Crippen MR) is 73.4 cm³/mol. The fourth-order valence-corrected chi connectivity index (χ4v) is 2.64. The highest BCUT2D eigenvalue weighted by atomic mass is 16.6. The maximum atomic E-state index is 11.3. The van der Waals surface area contributed by atoms with Gasteiger partial charge < -0.3 is 10.2 Å². The van der Waals surface area contributed by atoms with Gasteiger partial charge in [-0.25, -0.2) is 9.97 Å². The minimum atomic E-state index is -0.400. The van der Waals surface area contributed by atoms with Gasteiger partial charge in [0.15, 0.2) is 0 Å². The monoisotopic (exact) mass is 265 g/mol. The number of aromatic nitrogens is 2. The molecule has 1 aromatic rings. The summed E-state index contributed by atoms with van der Waals surface area (Å²) in [5, 5.41) is 14.2. The summed E-state index contributed by atoms with van der Waals surface area (Å²) in [6.45, 7) is 7.48. The molecule has 0 saturated carbocycles. The van der Waals surface area contributed by atoms with Crippen molar-refractivity contribution >= 4 is 17.3 Å². The van der Waals surface area contributed by atoms with Gasteiger partial charge >= 0.3 is 5.69 Å². The van der Waals surface area contributed by atoms with Gasteiger partial charge in [-0.1, -0.05) is 6.92 Å². The Morgan fingerprint density at radius 1 is 1.53 bits per heavy atom. The third kappa shape index (κ3) is 2.59. The van der Waals surface area contributed by atoms with Crippen molar-refractivity contribution in [2.24, 2.45) is 5.92 Å². The number of nitrogens with zero attached hydrogens (tertiary/aromatic N) is 4. The first kappa shape index (κ1) is 13.5. The summed E-state index contributed by atoms with van der Waals surface area (Å²) in [5.41, 5.74) is -0.0229. The largest absolute Gasteiger partial charge is 0.364 e. The normalized spacial score (nSPS) is 22.6. The summed E-state index contributed by atoms with van der Waals surface area (Å²) in [6.07, 6.45) is 2.41. The first-order valence-corrected chi connectivity index (χ1v) is 6.54. The van der Waals surface area contributed by atoms with Gasteiger partial charge in [0.1, 0.15) is 6.33 Å². The molecule has 0 amide bonds. The van der Waals surface area contributed by atoms with Crippen molar-refractivity contribution in [2.45, 2.75) is 33.2 Å². The molecule has 7 nitrogen and oxygen atoms in total. The Labute approximate surface area is 112 Å². The van der Waals surface area contributed by atoms with Crippen LogP contribution in [0.1, 0.15) is 27.2 Å².